The lowest BCUT2D eigenvalue weighted by Gasteiger charge is -2.13. The van der Waals surface area contributed by atoms with E-state index < -0.39 is 0 Å². The van der Waals surface area contributed by atoms with Crippen LogP contribution in [0.5, 0.6) is 17.2 Å². The van der Waals surface area contributed by atoms with Crippen molar-refractivity contribution in [2.75, 3.05) is 20.3 Å². The monoisotopic (exact) mass is 300 g/mol. The summed E-state index contributed by atoms with van der Waals surface area (Å²) in [7, 11) is 1.54. The highest BCUT2D eigenvalue weighted by Crippen LogP contribution is 2.29. The number of carbonyl (C=O) groups excluding carboxylic acids is 1. The molecule has 4 heteroatoms. The summed E-state index contributed by atoms with van der Waals surface area (Å²) in [4.78, 5) is 11.1. The van der Waals surface area contributed by atoms with E-state index in [4.69, 9.17) is 14.2 Å². The van der Waals surface area contributed by atoms with Crippen LogP contribution in [-0.2, 0) is 0 Å². The molecule has 2 aromatic carbocycles. The summed E-state index contributed by atoms with van der Waals surface area (Å²) in [6.45, 7) is 4.82. The average molecular weight is 300 g/mol. The standard InChI is InChI=1S/C18H20O4/c1-13-7-8-16(11-14(13)2)21-9-10-22-18-15(12-19)5-4-6-17(18)20-3/h4-8,11-12H,9-10H2,1-3H3. The molecule has 0 amide bonds. The molecule has 0 spiro atoms. The van der Waals surface area contributed by atoms with Crippen LogP contribution in [0.1, 0.15) is 21.5 Å². The summed E-state index contributed by atoms with van der Waals surface area (Å²) in [6.07, 6.45) is 0.752. The van der Waals surface area contributed by atoms with Gasteiger partial charge < -0.3 is 14.2 Å². The quantitative estimate of drug-likeness (QED) is 0.579. The van der Waals surface area contributed by atoms with Crippen LogP contribution in [0.25, 0.3) is 0 Å². The zero-order chi connectivity index (χ0) is 15.9. The van der Waals surface area contributed by atoms with Gasteiger partial charge in [-0.1, -0.05) is 12.1 Å². The number of ether oxygens (including phenoxy) is 3. The molecule has 2 aromatic rings. The Kier molecular flexibility index (Phi) is 5.42. The van der Waals surface area contributed by atoms with Crippen molar-refractivity contribution in [1.29, 1.82) is 0 Å². The normalized spacial score (nSPS) is 10.1. The van der Waals surface area contributed by atoms with Crippen LogP contribution in [0.3, 0.4) is 0 Å². The van der Waals surface area contributed by atoms with Gasteiger partial charge in [-0.05, 0) is 49.2 Å². The van der Waals surface area contributed by atoms with Gasteiger partial charge in [0.2, 0.25) is 0 Å². The van der Waals surface area contributed by atoms with Gasteiger partial charge in [0, 0.05) is 0 Å². The van der Waals surface area contributed by atoms with Gasteiger partial charge in [-0.25, -0.2) is 0 Å². The summed E-state index contributed by atoms with van der Waals surface area (Å²) in [5.74, 6) is 1.79. The fourth-order valence-electron chi connectivity index (χ4n) is 2.05. The Morgan fingerprint density at radius 1 is 1.00 bits per heavy atom. The topological polar surface area (TPSA) is 44.8 Å². The molecule has 0 atom stereocenters. The molecule has 4 nitrogen and oxygen atoms in total. The summed E-state index contributed by atoms with van der Waals surface area (Å²) < 4.78 is 16.5. The molecule has 0 aliphatic rings. The molecular weight excluding hydrogens is 280 g/mol. The highest BCUT2D eigenvalue weighted by molar-refractivity contribution is 5.81. The minimum Gasteiger partial charge on any atom is -0.493 e. The molecule has 0 aliphatic heterocycles. The lowest BCUT2D eigenvalue weighted by atomic mass is 10.1. The van der Waals surface area contributed by atoms with E-state index in [-0.39, 0.29) is 0 Å². The number of aryl methyl sites for hydroxylation is 2. The van der Waals surface area contributed by atoms with Crippen molar-refractivity contribution in [3.05, 3.63) is 53.1 Å². The molecule has 0 heterocycles. The van der Waals surface area contributed by atoms with Gasteiger partial charge in [-0.3, -0.25) is 4.79 Å². The summed E-state index contributed by atoms with van der Waals surface area (Å²) in [6, 6.07) is 11.1. The second kappa shape index (κ2) is 7.50. The third kappa shape index (κ3) is 3.79. The molecule has 0 bridgehead atoms. The van der Waals surface area contributed by atoms with Crippen LogP contribution in [0.2, 0.25) is 0 Å². The molecule has 0 saturated heterocycles. The molecule has 0 saturated carbocycles. The first-order valence-corrected chi connectivity index (χ1v) is 7.10. The molecule has 0 radical (unpaired) electrons. The largest absolute Gasteiger partial charge is 0.493 e. The van der Waals surface area contributed by atoms with Gasteiger partial charge in [0.25, 0.3) is 0 Å². The summed E-state index contributed by atoms with van der Waals surface area (Å²) >= 11 is 0. The summed E-state index contributed by atoms with van der Waals surface area (Å²) in [5.41, 5.74) is 2.88. The second-order valence-electron chi connectivity index (χ2n) is 4.94. The molecule has 0 aromatic heterocycles. The van der Waals surface area contributed by atoms with Crippen LogP contribution < -0.4 is 14.2 Å². The third-order valence-corrected chi connectivity index (χ3v) is 3.43. The predicted molar refractivity (Wildman–Crippen MR) is 85.3 cm³/mol. The van der Waals surface area contributed by atoms with E-state index in [2.05, 4.69) is 6.92 Å². The van der Waals surface area contributed by atoms with Crippen LogP contribution in [-0.4, -0.2) is 26.6 Å². The lowest BCUT2D eigenvalue weighted by Crippen LogP contribution is -2.10. The number of hydrogen-bond donors (Lipinski definition) is 0. The number of rotatable bonds is 7. The molecule has 0 aliphatic carbocycles. The smallest absolute Gasteiger partial charge is 0.171 e. The van der Waals surface area contributed by atoms with Crippen LogP contribution in [0, 0.1) is 13.8 Å². The zero-order valence-corrected chi connectivity index (χ0v) is 13.1. The van der Waals surface area contributed by atoms with Gasteiger partial charge in [0.05, 0.1) is 12.7 Å². The maximum absolute atomic E-state index is 11.1. The number of benzene rings is 2. The van der Waals surface area contributed by atoms with E-state index in [0.29, 0.717) is 30.3 Å². The minimum absolute atomic E-state index is 0.328. The lowest BCUT2D eigenvalue weighted by molar-refractivity contribution is 0.111. The van der Waals surface area contributed by atoms with Crippen molar-refractivity contribution < 1.29 is 19.0 Å². The van der Waals surface area contributed by atoms with E-state index >= 15 is 0 Å². The zero-order valence-electron chi connectivity index (χ0n) is 13.1. The average Bonchev–Trinajstić information content (AvgIpc) is 2.54. The van der Waals surface area contributed by atoms with Gasteiger partial charge >= 0.3 is 0 Å². The molecule has 2 rings (SSSR count). The van der Waals surface area contributed by atoms with Crippen molar-refractivity contribution in [1.82, 2.24) is 0 Å². The number of carbonyl (C=O) groups is 1. The Bertz CT molecular complexity index is 650. The number of hydrogen-bond acceptors (Lipinski definition) is 4. The first kappa shape index (κ1) is 15.9. The number of para-hydroxylation sites is 1. The van der Waals surface area contributed by atoms with Crippen molar-refractivity contribution in [3.8, 4) is 17.2 Å². The fraction of sp³-hybridized carbons (Fsp3) is 0.278. The first-order valence-electron chi connectivity index (χ1n) is 7.10. The van der Waals surface area contributed by atoms with E-state index in [9.17, 15) is 4.79 Å². The highest BCUT2D eigenvalue weighted by Gasteiger charge is 2.09. The highest BCUT2D eigenvalue weighted by atomic mass is 16.5. The Balaban J connectivity index is 1.94. The van der Waals surface area contributed by atoms with Crippen LogP contribution in [0.4, 0.5) is 0 Å². The Morgan fingerprint density at radius 3 is 2.45 bits per heavy atom. The van der Waals surface area contributed by atoms with E-state index in [1.807, 2.05) is 25.1 Å². The Labute approximate surface area is 130 Å². The van der Waals surface area contributed by atoms with Crippen molar-refractivity contribution in [2.24, 2.45) is 0 Å². The molecule has 116 valence electrons. The van der Waals surface area contributed by atoms with Crippen LogP contribution >= 0.6 is 0 Å². The molecule has 0 unspecified atom stereocenters. The SMILES string of the molecule is COc1cccc(C=O)c1OCCOc1ccc(C)c(C)c1. The number of methoxy groups -OCH3 is 1. The Hall–Kier alpha value is -2.49. The Morgan fingerprint density at radius 2 is 1.77 bits per heavy atom. The molecule has 0 N–H and O–H groups in total. The van der Waals surface area contributed by atoms with Crippen molar-refractivity contribution in [3.63, 3.8) is 0 Å². The number of aldehydes is 1. The second-order valence-corrected chi connectivity index (χ2v) is 4.94. The van der Waals surface area contributed by atoms with Gasteiger partial charge in [-0.2, -0.15) is 0 Å². The molecule has 0 fully saturated rings. The van der Waals surface area contributed by atoms with E-state index in [1.54, 1.807) is 25.3 Å². The molecule has 22 heavy (non-hydrogen) atoms. The third-order valence-electron chi connectivity index (χ3n) is 3.43. The fourth-order valence-corrected chi connectivity index (χ4v) is 2.05. The van der Waals surface area contributed by atoms with E-state index in [1.165, 1.54) is 11.1 Å². The van der Waals surface area contributed by atoms with Crippen LogP contribution in [0.15, 0.2) is 36.4 Å². The van der Waals surface area contributed by atoms with Gasteiger partial charge in [-0.15, -0.1) is 0 Å². The maximum Gasteiger partial charge on any atom is 0.171 e. The first-order chi connectivity index (χ1) is 10.7. The van der Waals surface area contributed by atoms with Gasteiger partial charge in [0.15, 0.2) is 17.8 Å². The molecular formula is C18H20O4. The van der Waals surface area contributed by atoms with Crippen molar-refractivity contribution >= 4 is 6.29 Å². The van der Waals surface area contributed by atoms with Crippen molar-refractivity contribution in [2.45, 2.75) is 13.8 Å². The minimum atomic E-state index is 0.328. The maximum atomic E-state index is 11.1. The predicted octanol–water partition coefficient (Wildman–Crippen LogP) is 3.58. The van der Waals surface area contributed by atoms with Gasteiger partial charge in [0.1, 0.15) is 19.0 Å². The van der Waals surface area contributed by atoms with E-state index in [0.717, 1.165) is 12.0 Å². The summed E-state index contributed by atoms with van der Waals surface area (Å²) in [5, 5.41) is 0.